The van der Waals surface area contributed by atoms with Crippen LogP contribution in [0.4, 0.5) is 0 Å². The molecule has 0 bridgehead atoms. The summed E-state index contributed by atoms with van der Waals surface area (Å²) in [4.78, 5) is 5.42. The molecule has 3 rings (SSSR count). The summed E-state index contributed by atoms with van der Waals surface area (Å²) in [6, 6.07) is 13.3. The van der Waals surface area contributed by atoms with Gasteiger partial charge in [-0.25, -0.2) is 0 Å². The third kappa shape index (κ3) is 4.16. The smallest absolute Gasteiger partial charge is 0.0300 e. The SMILES string of the molecule is Cc1ccc(CNCCN2CCCc3ccccc3C2)s1. The standard InChI is InChI=1S/C18H24N2S/c1-15-8-9-18(21-15)13-19-10-12-20-11-4-7-16-5-2-3-6-17(16)14-20/h2-3,5-6,8-9,19H,4,7,10-14H2,1H3. The third-order valence-electron chi connectivity index (χ3n) is 4.13. The summed E-state index contributed by atoms with van der Waals surface area (Å²) >= 11 is 1.89. The predicted octanol–water partition coefficient (Wildman–Crippen LogP) is 3.59. The first-order valence-electron chi connectivity index (χ1n) is 7.86. The van der Waals surface area contributed by atoms with Gasteiger partial charge in [0.05, 0.1) is 0 Å². The van der Waals surface area contributed by atoms with Gasteiger partial charge in [-0.1, -0.05) is 24.3 Å². The molecule has 0 saturated carbocycles. The number of benzene rings is 1. The van der Waals surface area contributed by atoms with Gasteiger partial charge in [-0.05, 0) is 49.6 Å². The van der Waals surface area contributed by atoms with Crippen molar-refractivity contribution >= 4 is 11.3 Å². The molecule has 0 spiro atoms. The van der Waals surface area contributed by atoms with Crippen LogP contribution < -0.4 is 5.32 Å². The number of fused-ring (bicyclic) bond motifs is 1. The Morgan fingerprint density at radius 1 is 1.14 bits per heavy atom. The van der Waals surface area contributed by atoms with Gasteiger partial charge >= 0.3 is 0 Å². The first-order valence-corrected chi connectivity index (χ1v) is 8.68. The summed E-state index contributed by atoms with van der Waals surface area (Å²) in [5, 5.41) is 3.58. The maximum absolute atomic E-state index is 3.58. The van der Waals surface area contributed by atoms with Gasteiger partial charge in [0.25, 0.3) is 0 Å². The summed E-state index contributed by atoms with van der Waals surface area (Å²) in [6.07, 6.45) is 2.51. The Morgan fingerprint density at radius 3 is 2.81 bits per heavy atom. The van der Waals surface area contributed by atoms with Gasteiger partial charge in [0.15, 0.2) is 0 Å². The number of nitrogens with one attached hydrogen (secondary N) is 1. The van der Waals surface area contributed by atoms with Crippen LogP contribution in [0.1, 0.15) is 27.3 Å². The molecule has 112 valence electrons. The van der Waals surface area contributed by atoms with Gasteiger partial charge in [0.2, 0.25) is 0 Å². The fourth-order valence-electron chi connectivity index (χ4n) is 2.99. The van der Waals surface area contributed by atoms with Crippen LogP contribution in [-0.4, -0.2) is 24.5 Å². The minimum Gasteiger partial charge on any atom is -0.311 e. The summed E-state index contributed by atoms with van der Waals surface area (Å²) in [5.41, 5.74) is 3.06. The number of thiophene rings is 1. The Labute approximate surface area is 131 Å². The number of hydrogen-bond donors (Lipinski definition) is 1. The molecule has 3 heteroatoms. The van der Waals surface area contributed by atoms with E-state index in [0.29, 0.717) is 0 Å². The Balaban J connectivity index is 1.45. The van der Waals surface area contributed by atoms with E-state index in [9.17, 15) is 0 Å². The average Bonchev–Trinajstić information content (AvgIpc) is 2.79. The van der Waals surface area contributed by atoms with E-state index in [4.69, 9.17) is 0 Å². The van der Waals surface area contributed by atoms with Crippen molar-refractivity contribution in [3.8, 4) is 0 Å². The van der Waals surface area contributed by atoms with Crippen LogP contribution in [-0.2, 0) is 19.5 Å². The highest BCUT2D eigenvalue weighted by atomic mass is 32.1. The maximum atomic E-state index is 3.58. The lowest BCUT2D eigenvalue weighted by molar-refractivity contribution is 0.269. The van der Waals surface area contributed by atoms with E-state index < -0.39 is 0 Å². The molecule has 0 atom stereocenters. The van der Waals surface area contributed by atoms with Gasteiger partial charge in [0.1, 0.15) is 0 Å². The summed E-state index contributed by atoms with van der Waals surface area (Å²) in [7, 11) is 0. The first kappa shape index (κ1) is 14.8. The van der Waals surface area contributed by atoms with E-state index in [0.717, 1.165) is 26.2 Å². The normalized spacial score (nSPS) is 15.7. The maximum Gasteiger partial charge on any atom is 0.0300 e. The first-order chi connectivity index (χ1) is 10.3. The van der Waals surface area contributed by atoms with Crippen molar-refractivity contribution in [2.24, 2.45) is 0 Å². The van der Waals surface area contributed by atoms with Crippen LogP contribution in [0.25, 0.3) is 0 Å². The average molecular weight is 300 g/mol. The van der Waals surface area contributed by atoms with Crippen molar-refractivity contribution in [3.05, 3.63) is 57.3 Å². The fourth-order valence-corrected chi connectivity index (χ4v) is 3.85. The Bertz CT molecular complexity index is 576. The van der Waals surface area contributed by atoms with E-state index in [2.05, 4.69) is 53.5 Å². The van der Waals surface area contributed by atoms with E-state index in [-0.39, 0.29) is 0 Å². The zero-order valence-electron chi connectivity index (χ0n) is 12.8. The minimum absolute atomic E-state index is 1.00. The molecule has 2 aromatic rings. The monoisotopic (exact) mass is 300 g/mol. The number of rotatable bonds is 5. The molecular weight excluding hydrogens is 276 g/mol. The Morgan fingerprint density at radius 2 is 2.00 bits per heavy atom. The molecule has 0 fully saturated rings. The molecule has 1 aliphatic rings. The molecule has 0 aliphatic carbocycles. The molecule has 2 heterocycles. The highest BCUT2D eigenvalue weighted by Gasteiger charge is 2.13. The van der Waals surface area contributed by atoms with Crippen LogP contribution in [0.3, 0.4) is 0 Å². The van der Waals surface area contributed by atoms with E-state index in [1.54, 1.807) is 5.56 Å². The Kier molecular flexibility index (Phi) is 5.07. The van der Waals surface area contributed by atoms with Crippen LogP contribution in [0, 0.1) is 6.92 Å². The molecular formula is C18H24N2S. The highest BCUT2D eigenvalue weighted by Crippen LogP contribution is 2.18. The largest absolute Gasteiger partial charge is 0.311 e. The fraction of sp³-hybridized carbons (Fsp3) is 0.444. The summed E-state index contributed by atoms with van der Waals surface area (Å²) in [6.45, 7) is 7.70. The van der Waals surface area contributed by atoms with Gasteiger partial charge in [-0.2, -0.15) is 0 Å². The lowest BCUT2D eigenvalue weighted by atomic mass is 10.0. The zero-order chi connectivity index (χ0) is 14.5. The zero-order valence-corrected chi connectivity index (χ0v) is 13.6. The molecule has 21 heavy (non-hydrogen) atoms. The number of hydrogen-bond acceptors (Lipinski definition) is 3. The van der Waals surface area contributed by atoms with E-state index in [1.165, 1.54) is 34.7 Å². The van der Waals surface area contributed by atoms with Crippen molar-refractivity contribution in [2.45, 2.75) is 32.9 Å². The molecule has 0 amide bonds. The van der Waals surface area contributed by atoms with Crippen LogP contribution >= 0.6 is 11.3 Å². The number of nitrogens with zero attached hydrogens (tertiary/aromatic N) is 1. The van der Waals surface area contributed by atoms with Crippen molar-refractivity contribution in [1.29, 1.82) is 0 Å². The molecule has 2 nitrogen and oxygen atoms in total. The molecule has 0 unspecified atom stereocenters. The van der Waals surface area contributed by atoms with Gasteiger partial charge in [0, 0.05) is 35.9 Å². The lowest BCUT2D eigenvalue weighted by Crippen LogP contribution is -2.31. The van der Waals surface area contributed by atoms with Gasteiger partial charge in [-0.15, -0.1) is 11.3 Å². The second-order valence-electron chi connectivity index (χ2n) is 5.84. The van der Waals surface area contributed by atoms with Crippen LogP contribution in [0.5, 0.6) is 0 Å². The highest BCUT2D eigenvalue weighted by molar-refractivity contribution is 7.11. The summed E-state index contributed by atoms with van der Waals surface area (Å²) in [5.74, 6) is 0. The Hall–Kier alpha value is -1.16. The summed E-state index contributed by atoms with van der Waals surface area (Å²) < 4.78 is 0. The minimum atomic E-state index is 1.00. The number of aryl methyl sites for hydroxylation is 2. The van der Waals surface area contributed by atoms with E-state index >= 15 is 0 Å². The predicted molar refractivity (Wildman–Crippen MR) is 90.8 cm³/mol. The van der Waals surface area contributed by atoms with Crippen molar-refractivity contribution in [3.63, 3.8) is 0 Å². The van der Waals surface area contributed by atoms with Crippen LogP contribution in [0.2, 0.25) is 0 Å². The topological polar surface area (TPSA) is 15.3 Å². The quantitative estimate of drug-likeness (QED) is 0.849. The van der Waals surface area contributed by atoms with E-state index in [1.807, 2.05) is 11.3 Å². The molecule has 1 aromatic heterocycles. The molecule has 1 N–H and O–H groups in total. The molecule has 1 aromatic carbocycles. The molecule has 0 saturated heterocycles. The second kappa shape index (κ2) is 7.21. The van der Waals surface area contributed by atoms with Crippen LogP contribution in [0.15, 0.2) is 36.4 Å². The molecule has 0 radical (unpaired) electrons. The third-order valence-corrected chi connectivity index (χ3v) is 5.13. The van der Waals surface area contributed by atoms with Crippen molar-refractivity contribution < 1.29 is 0 Å². The molecule has 1 aliphatic heterocycles. The second-order valence-corrected chi connectivity index (χ2v) is 7.21. The van der Waals surface area contributed by atoms with Gasteiger partial charge in [-0.3, -0.25) is 4.90 Å². The lowest BCUT2D eigenvalue weighted by Gasteiger charge is -2.20. The van der Waals surface area contributed by atoms with Crippen molar-refractivity contribution in [1.82, 2.24) is 10.2 Å². The van der Waals surface area contributed by atoms with Gasteiger partial charge < -0.3 is 5.32 Å². The van der Waals surface area contributed by atoms with Crippen molar-refractivity contribution in [2.75, 3.05) is 19.6 Å².